The van der Waals surface area contributed by atoms with E-state index in [1.807, 2.05) is 0 Å². The van der Waals surface area contributed by atoms with Gasteiger partial charge in [0, 0.05) is 0 Å². The van der Waals surface area contributed by atoms with Crippen molar-refractivity contribution < 1.29 is 5.11 Å². The number of aryl methyl sites for hydroxylation is 1. The summed E-state index contributed by atoms with van der Waals surface area (Å²) in [5.74, 6) is 0. The van der Waals surface area contributed by atoms with Crippen LogP contribution in [0.2, 0.25) is 0 Å². The molecule has 0 heterocycles. The minimum Gasteiger partial charge on any atom is -0.389 e. The Labute approximate surface area is 123 Å². The van der Waals surface area contributed by atoms with Crippen LogP contribution in [0, 0.1) is 0 Å². The minimum absolute atomic E-state index is 0.161. The Morgan fingerprint density at radius 3 is 2.65 bits per heavy atom. The van der Waals surface area contributed by atoms with E-state index in [1.54, 1.807) is 5.57 Å². The van der Waals surface area contributed by atoms with Crippen molar-refractivity contribution >= 4 is 0 Å². The first-order chi connectivity index (χ1) is 9.81. The van der Waals surface area contributed by atoms with Crippen LogP contribution in [0.5, 0.6) is 0 Å². The van der Waals surface area contributed by atoms with Gasteiger partial charge in [0.05, 0.1) is 6.10 Å². The van der Waals surface area contributed by atoms with Crippen LogP contribution in [0.3, 0.4) is 0 Å². The third-order valence-corrected chi connectivity index (χ3v) is 4.42. The highest BCUT2D eigenvalue weighted by Crippen LogP contribution is 2.30. The number of rotatable bonds is 6. The molecule has 0 radical (unpaired) electrons. The van der Waals surface area contributed by atoms with E-state index in [4.69, 9.17) is 0 Å². The van der Waals surface area contributed by atoms with E-state index in [0.717, 1.165) is 25.7 Å². The van der Waals surface area contributed by atoms with Crippen molar-refractivity contribution in [2.75, 3.05) is 0 Å². The summed E-state index contributed by atoms with van der Waals surface area (Å²) in [6.07, 6.45) is 10.3. The Bertz CT molecular complexity index is 419. The molecule has 110 valence electrons. The van der Waals surface area contributed by atoms with Crippen LogP contribution in [0.25, 0.3) is 0 Å². The van der Waals surface area contributed by atoms with Crippen LogP contribution >= 0.6 is 0 Å². The van der Waals surface area contributed by atoms with Crippen molar-refractivity contribution in [3.05, 3.63) is 47.0 Å². The van der Waals surface area contributed by atoms with Gasteiger partial charge >= 0.3 is 0 Å². The van der Waals surface area contributed by atoms with Crippen LogP contribution in [0.4, 0.5) is 0 Å². The van der Waals surface area contributed by atoms with Crippen LogP contribution in [0.15, 0.2) is 41.5 Å². The Morgan fingerprint density at radius 1 is 1.15 bits per heavy atom. The Hall–Kier alpha value is -1.08. The summed E-state index contributed by atoms with van der Waals surface area (Å²) >= 11 is 0. The summed E-state index contributed by atoms with van der Waals surface area (Å²) < 4.78 is 0. The quantitative estimate of drug-likeness (QED) is 0.719. The first kappa shape index (κ1) is 15.3. The second-order valence-corrected chi connectivity index (χ2v) is 5.98. The Morgan fingerprint density at radius 2 is 1.95 bits per heavy atom. The predicted molar refractivity (Wildman–Crippen MR) is 85.8 cm³/mol. The van der Waals surface area contributed by atoms with Gasteiger partial charge < -0.3 is 5.11 Å². The van der Waals surface area contributed by atoms with Crippen molar-refractivity contribution in [1.82, 2.24) is 0 Å². The molecule has 1 heteroatoms. The molecule has 1 saturated carbocycles. The van der Waals surface area contributed by atoms with Gasteiger partial charge in [-0.2, -0.15) is 0 Å². The van der Waals surface area contributed by atoms with E-state index >= 15 is 0 Å². The first-order valence-corrected chi connectivity index (χ1v) is 8.24. The summed E-state index contributed by atoms with van der Waals surface area (Å²) in [6, 6.07) is 10.7. The maximum Gasteiger partial charge on any atom is 0.0752 e. The molecule has 1 unspecified atom stereocenters. The van der Waals surface area contributed by atoms with Gasteiger partial charge in [-0.1, -0.05) is 55.7 Å². The topological polar surface area (TPSA) is 20.2 Å². The molecule has 2 rings (SSSR count). The fourth-order valence-electron chi connectivity index (χ4n) is 3.18. The monoisotopic (exact) mass is 272 g/mol. The van der Waals surface area contributed by atoms with E-state index < -0.39 is 0 Å². The van der Waals surface area contributed by atoms with Crippen molar-refractivity contribution in [1.29, 1.82) is 0 Å². The highest BCUT2D eigenvalue weighted by atomic mass is 16.3. The molecule has 1 nitrogen and oxygen atoms in total. The fourth-order valence-corrected chi connectivity index (χ4v) is 3.18. The normalized spacial score (nSPS) is 21.8. The van der Waals surface area contributed by atoms with E-state index in [9.17, 15) is 5.11 Å². The van der Waals surface area contributed by atoms with E-state index in [1.165, 1.54) is 43.2 Å². The number of hydrogen-bond donors (Lipinski definition) is 1. The molecule has 0 aliphatic heterocycles. The van der Waals surface area contributed by atoms with Gasteiger partial charge in [-0.3, -0.25) is 0 Å². The van der Waals surface area contributed by atoms with E-state index in [-0.39, 0.29) is 6.10 Å². The smallest absolute Gasteiger partial charge is 0.0752 e. The molecule has 0 aromatic heterocycles. The first-order valence-electron chi connectivity index (χ1n) is 8.24. The molecule has 1 aromatic carbocycles. The maximum absolute atomic E-state index is 10.3. The van der Waals surface area contributed by atoms with Gasteiger partial charge in [-0.25, -0.2) is 0 Å². The van der Waals surface area contributed by atoms with Crippen LogP contribution in [0.1, 0.15) is 63.9 Å². The number of allylic oxidation sites excluding steroid dienone is 1. The lowest BCUT2D eigenvalue weighted by molar-refractivity contribution is 0.176. The molecule has 20 heavy (non-hydrogen) atoms. The van der Waals surface area contributed by atoms with Gasteiger partial charge in [0.2, 0.25) is 0 Å². The predicted octanol–water partition coefficient (Wildman–Crippen LogP) is 5.04. The molecule has 1 N–H and O–H groups in total. The standard InChI is InChI=1S/C19H28O/c1-2-3-11-17(18-12-7-8-13-19(18)20)15-14-16-9-5-4-6-10-16/h4-6,9-10,19-20H,2-3,7-8,11-15H2,1H3/b18-17+. The second-order valence-electron chi connectivity index (χ2n) is 5.98. The highest BCUT2D eigenvalue weighted by Gasteiger charge is 2.19. The fraction of sp³-hybridized carbons (Fsp3) is 0.579. The third-order valence-electron chi connectivity index (χ3n) is 4.42. The lowest BCUT2D eigenvalue weighted by Gasteiger charge is -2.25. The third kappa shape index (κ3) is 4.49. The molecular formula is C19H28O. The number of aliphatic hydroxyl groups is 1. The lowest BCUT2D eigenvalue weighted by Crippen LogP contribution is -2.17. The van der Waals surface area contributed by atoms with Gasteiger partial charge in [0.25, 0.3) is 0 Å². The second kappa shape index (κ2) is 8.26. The number of benzene rings is 1. The van der Waals surface area contributed by atoms with Crippen LogP contribution in [-0.4, -0.2) is 11.2 Å². The van der Waals surface area contributed by atoms with Gasteiger partial charge in [0.1, 0.15) is 0 Å². The largest absolute Gasteiger partial charge is 0.389 e. The Kier molecular flexibility index (Phi) is 6.32. The zero-order chi connectivity index (χ0) is 14.2. The minimum atomic E-state index is -0.161. The zero-order valence-corrected chi connectivity index (χ0v) is 12.8. The molecule has 1 aromatic rings. The number of hydrogen-bond acceptors (Lipinski definition) is 1. The van der Waals surface area contributed by atoms with Crippen molar-refractivity contribution in [3.63, 3.8) is 0 Å². The van der Waals surface area contributed by atoms with Crippen molar-refractivity contribution in [3.8, 4) is 0 Å². The average Bonchev–Trinajstić information content (AvgIpc) is 2.49. The van der Waals surface area contributed by atoms with E-state index in [0.29, 0.717) is 0 Å². The van der Waals surface area contributed by atoms with E-state index in [2.05, 4.69) is 37.3 Å². The highest BCUT2D eigenvalue weighted by molar-refractivity contribution is 5.23. The van der Waals surface area contributed by atoms with Crippen molar-refractivity contribution in [2.24, 2.45) is 0 Å². The SMILES string of the molecule is CCCC/C(CCc1ccccc1)=C1/CCCCC1O. The van der Waals surface area contributed by atoms with Gasteiger partial charge in [-0.15, -0.1) is 0 Å². The van der Waals surface area contributed by atoms with Crippen LogP contribution < -0.4 is 0 Å². The zero-order valence-electron chi connectivity index (χ0n) is 12.8. The summed E-state index contributed by atoms with van der Waals surface area (Å²) in [5.41, 5.74) is 4.33. The molecule has 0 saturated heterocycles. The molecule has 1 fully saturated rings. The number of unbranched alkanes of at least 4 members (excludes halogenated alkanes) is 1. The van der Waals surface area contributed by atoms with Crippen molar-refractivity contribution in [2.45, 2.75) is 70.8 Å². The summed E-state index contributed by atoms with van der Waals surface area (Å²) in [4.78, 5) is 0. The molecule has 1 aliphatic carbocycles. The molecule has 1 atom stereocenters. The maximum atomic E-state index is 10.3. The lowest BCUT2D eigenvalue weighted by atomic mass is 9.85. The molecule has 0 bridgehead atoms. The molecule has 1 aliphatic rings. The molecule has 0 spiro atoms. The van der Waals surface area contributed by atoms with Gasteiger partial charge in [-0.05, 0) is 56.1 Å². The average molecular weight is 272 g/mol. The molecular weight excluding hydrogens is 244 g/mol. The number of aliphatic hydroxyl groups excluding tert-OH is 1. The molecule has 0 amide bonds. The van der Waals surface area contributed by atoms with Crippen LogP contribution in [-0.2, 0) is 6.42 Å². The summed E-state index contributed by atoms with van der Waals surface area (Å²) in [6.45, 7) is 2.25. The summed E-state index contributed by atoms with van der Waals surface area (Å²) in [5, 5.41) is 10.3. The summed E-state index contributed by atoms with van der Waals surface area (Å²) in [7, 11) is 0. The van der Waals surface area contributed by atoms with Gasteiger partial charge in [0.15, 0.2) is 0 Å². The Balaban J connectivity index is 2.04.